The number of rotatable bonds is 9. The number of pyridine rings is 1. The van der Waals surface area contributed by atoms with Crippen LogP contribution in [0.1, 0.15) is 80.0 Å². The lowest BCUT2D eigenvalue weighted by atomic mass is 9.84. The van der Waals surface area contributed by atoms with Crippen molar-refractivity contribution in [2.24, 2.45) is 5.92 Å². The Hall–Kier alpha value is -2.77. The third kappa shape index (κ3) is 5.85. The lowest BCUT2D eigenvalue weighted by Crippen LogP contribution is -2.17. The Bertz CT molecular complexity index is 830. The summed E-state index contributed by atoms with van der Waals surface area (Å²) in [4.78, 5) is 31.6. The fourth-order valence-electron chi connectivity index (χ4n) is 4.00. The summed E-state index contributed by atoms with van der Waals surface area (Å²) in [7, 11) is 1.55. The Balaban J connectivity index is 1.68. The summed E-state index contributed by atoms with van der Waals surface area (Å²) in [6, 6.07) is 1.63. The summed E-state index contributed by atoms with van der Waals surface area (Å²) in [5.41, 5.74) is 0.947. The average molecular weight is 400 g/mol. The first-order valence-electron chi connectivity index (χ1n) is 10.3. The van der Waals surface area contributed by atoms with E-state index >= 15 is 0 Å². The first kappa shape index (κ1) is 21.0. The van der Waals surface area contributed by atoms with Crippen LogP contribution < -0.4 is 5.32 Å². The van der Waals surface area contributed by atoms with Crippen LogP contribution in [0, 0.1) is 5.92 Å². The molecule has 2 heterocycles. The molecule has 1 aliphatic carbocycles. The maximum absolute atomic E-state index is 11.8. The van der Waals surface area contributed by atoms with Crippen LogP contribution in [0.5, 0.6) is 0 Å². The van der Waals surface area contributed by atoms with Gasteiger partial charge in [-0.25, -0.2) is 0 Å². The molecule has 1 atom stereocenters. The highest BCUT2D eigenvalue weighted by molar-refractivity contribution is 5.94. The first-order valence-corrected chi connectivity index (χ1v) is 10.3. The second-order valence-corrected chi connectivity index (χ2v) is 7.73. The summed E-state index contributed by atoms with van der Waals surface area (Å²) in [5.74, 6) is -0.0547. The van der Waals surface area contributed by atoms with E-state index < -0.39 is 5.97 Å². The molecule has 1 saturated carbocycles. The number of carbonyl (C=O) groups excluding carboxylic acids is 1. The number of hydrogen-bond donors (Lipinski definition) is 2. The lowest BCUT2D eigenvalue weighted by Gasteiger charge is -2.21. The number of aromatic nitrogens is 3. The summed E-state index contributed by atoms with van der Waals surface area (Å²) in [6.07, 6.45) is 12.3. The smallest absolute Gasteiger partial charge is 0.304 e. The van der Waals surface area contributed by atoms with E-state index in [0.717, 1.165) is 18.8 Å². The third-order valence-corrected chi connectivity index (χ3v) is 5.59. The van der Waals surface area contributed by atoms with Crippen molar-refractivity contribution in [3.63, 3.8) is 0 Å². The normalized spacial score (nSPS) is 15.8. The Morgan fingerprint density at radius 2 is 2.07 bits per heavy atom. The molecule has 1 amide bonds. The van der Waals surface area contributed by atoms with Crippen LogP contribution in [0.2, 0.25) is 0 Å². The topological polar surface area (TPSA) is 118 Å². The number of aliphatic carboxylic acids is 1. The van der Waals surface area contributed by atoms with Crippen LogP contribution in [-0.2, 0) is 4.79 Å². The van der Waals surface area contributed by atoms with Gasteiger partial charge in [-0.15, -0.1) is 0 Å². The van der Waals surface area contributed by atoms with Crippen LogP contribution >= 0.6 is 0 Å². The van der Waals surface area contributed by atoms with Crippen LogP contribution in [0.15, 0.2) is 23.0 Å². The molecule has 0 aliphatic heterocycles. The summed E-state index contributed by atoms with van der Waals surface area (Å²) in [6.45, 7) is 0. The first-order chi connectivity index (χ1) is 14.1. The number of carboxylic acids is 1. The highest BCUT2D eigenvalue weighted by Crippen LogP contribution is 2.31. The number of amides is 1. The predicted molar refractivity (Wildman–Crippen MR) is 106 cm³/mol. The van der Waals surface area contributed by atoms with E-state index in [1.807, 2.05) is 0 Å². The molecule has 2 aromatic heterocycles. The van der Waals surface area contributed by atoms with Crippen molar-refractivity contribution in [2.75, 3.05) is 7.05 Å². The van der Waals surface area contributed by atoms with Crippen molar-refractivity contribution in [3.8, 4) is 11.4 Å². The van der Waals surface area contributed by atoms with E-state index in [9.17, 15) is 14.7 Å². The van der Waals surface area contributed by atoms with Crippen LogP contribution in [-0.4, -0.2) is 39.2 Å². The highest BCUT2D eigenvalue weighted by atomic mass is 16.5. The molecule has 8 nitrogen and oxygen atoms in total. The third-order valence-electron chi connectivity index (χ3n) is 5.59. The van der Waals surface area contributed by atoms with E-state index in [2.05, 4.69) is 20.4 Å². The largest absolute Gasteiger partial charge is 0.481 e. The Kier molecular flexibility index (Phi) is 7.32. The van der Waals surface area contributed by atoms with E-state index in [0.29, 0.717) is 29.3 Å². The number of carbonyl (C=O) groups is 2. The molecule has 2 aromatic rings. The molecule has 1 unspecified atom stereocenters. The van der Waals surface area contributed by atoms with Crippen molar-refractivity contribution in [3.05, 3.63) is 29.9 Å². The number of nitrogens with one attached hydrogen (secondary N) is 1. The van der Waals surface area contributed by atoms with Gasteiger partial charge >= 0.3 is 5.97 Å². The minimum Gasteiger partial charge on any atom is -0.481 e. The molecule has 0 radical (unpaired) electrons. The van der Waals surface area contributed by atoms with Crippen molar-refractivity contribution in [1.29, 1.82) is 0 Å². The molecule has 0 spiro atoms. The number of carboxylic acid groups (broad SMARTS) is 1. The molecule has 0 aromatic carbocycles. The minimum absolute atomic E-state index is 0.0389. The lowest BCUT2D eigenvalue weighted by molar-refractivity contribution is -0.137. The summed E-state index contributed by atoms with van der Waals surface area (Å²) in [5, 5.41) is 15.8. The Morgan fingerprint density at radius 3 is 2.79 bits per heavy atom. The van der Waals surface area contributed by atoms with E-state index in [-0.39, 0.29) is 18.2 Å². The van der Waals surface area contributed by atoms with Crippen LogP contribution in [0.4, 0.5) is 0 Å². The van der Waals surface area contributed by atoms with Gasteiger partial charge in [0, 0.05) is 30.9 Å². The van der Waals surface area contributed by atoms with Crippen molar-refractivity contribution >= 4 is 11.9 Å². The van der Waals surface area contributed by atoms with E-state index in [1.165, 1.54) is 38.3 Å². The monoisotopic (exact) mass is 400 g/mol. The summed E-state index contributed by atoms with van der Waals surface area (Å²) < 4.78 is 5.40. The number of hydrogen-bond acceptors (Lipinski definition) is 6. The maximum Gasteiger partial charge on any atom is 0.304 e. The average Bonchev–Trinajstić information content (AvgIpc) is 3.23. The van der Waals surface area contributed by atoms with Crippen molar-refractivity contribution < 1.29 is 19.2 Å². The van der Waals surface area contributed by atoms with Gasteiger partial charge in [-0.1, -0.05) is 50.1 Å². The fraction of sp³-hybridized carbons (Fsp3) is 0.571. The van der Waals surface area contributed by atoms with Crippen LogP contribution in [0.3, 0.4) is 0 Å². The van der Waals surface area contributed by atoms with E-state index in [1.54, 1.807) is 19.3 Å². The number of nitrogens with zero attached hydrogens (tertiary/aromatic N) is 3. The predicted octanol–water partition coefficient (Wildman–Crippen LogP) is 3.80. The maximum atomic E-state index is 11.8. The zero-order valence-electron chi connectivity index (χ0n) is 16.8. The highest BCUT2D eigenvalue weighted by Gasteiger charge is 2.23. The van der Waals surface area contributed by atoms with Gasteiger partial charge in [0.05, 0.1) is 12.0 Å². The van der Waals surface area contributed by atoms with Gasteiger partial charge in [0.1, 0.15) is 0 Å². The van der Waals surface area contributed by atoms with Gasteiger partial charge in [-0.05, 0) is 18.4 Å². The van der Waals surface area contributed by atoms with E-state index in [4.69, 9.17) is 4.52 Å². The van der Waals surface area contributed by atoms with Crippen molar-refractivity contribution in [1.82, 2.24) is 20.4 Å². The standard InChI is InChI=1S/C21H28N4O4/c1-22-20(28)17-10-16(12-23-13-17)19-24-21(29-25-19)15(11-18(26)27)9-5-8-14-6-3-2-4-7-14/h10,12-15H,2-9,11H2,1H3,(H,22,28)(H,26,27). The minimum atomic E-state index is -0.879. The fourth-order valence-corrected chi connectivity index (χ4v) is 4.00. The molecule has 0 bridgehead atoms. The molecule has 8 heteroatoms. The molecule has 29 heavy (non-hydrogen) atoms. The van der Waals surface area contributed by atoms with Gasteiger partial charge in [-0.3, -0.25) is 14.6 Å². The van der Waals surface area contributed by atoms with Crippen LogP contribution in [0.25, 0.3) is 11.4 Å². The van der Waals surface area contributed by atoms with Gasteiger partial charge in [-0.2, -0.15) is 4.98 Å². The molecular weight excluding hydrogens is 372 g/mol. The molecule has 1 aliphatic rings. The zero-order valence-corrected chi connectivity index (χ0v) is 16.8. The SMILES string of the molecule is CNC(=O)c1cncc(-c2noc(C(CCCC3CCCCC3)CC(=O)O)n2)c1. The molecule has 1 fully saturated rings. The van der Waals surface area contributed by atoms with Gasteiger partial charge < -0.3 is 14.9 Å². The van der Waals surface area contributed by atoms with Gasteiger partial charge in [0.15, 0.2) is 0 Å². The molecule has 156 valence electrons. The van der Waals surface area contributed by atoms with Gasteiger partial charge in [0.2, 0.25) is 11.7 Å². The Morgan fingerprint density at radius 1 is 1.28 bits per heavy atom. The zero-order chi connectivity index (χ0) is 20.6. The second kappa shape index (κ2) is 10.1. The van der Waals surface area contributed by atoms with Gasteiger partial charge in [0.25, 0.3) is 5.91 Å². The summed E-state index contributed by atoms with van der Waals surface area (Å²) >= 11 is 0. The van der Waals surface area contributed by atoms with Crippen molar-refractivity contribution in [2.45, 2.75) is 63.7 Å². The second-order valence-electron chi connectivity index (χ2n) is 7.73. The quantitative estimate of drug-likeness (QED) is 0.657. The Labute approximate surface area is 170 Å². The molecule has 2 N–H and O–H groups in total. The molecular formula is C21H28N4O4. The molecule has 0 saturated heterocycles. The molecule has 3 rings (SSSR count).